The first-order chi connectivity index (χ1) is 14.0. The number of aryl methyl sites for hydroxylation is 1. The van der Waals surface area contributed by atoms with E-state index in [1.54, 1.807) is 31.6 Å². The number of nitrogens with zero attached hydrogens (tertiary/aromatic N) is 3. The molecule has 0 saturated heterocycles. The Kier molecular flexibility index (Phi) is 6.37. The van der Waals surface area contributed by atoms with E-state index in [0.717, 1.165) is 29.7 Å². The second kappa shape index (κ2) is 9.13. The Bertz CT molecular complexity index is 985. The highest BCUT2D eigenvalue weighted by molar-refractivity contribution is 6.06. The first-order valence-corrected chi connectivity index (χ1v) is 9.43. The summed E-state index contributed by atoms with van der Waals surface area (Å²) in [6.45, 7) is 9.06. The van der Waals surface area contributed by atoms with E-state index in [2.05, 4.69) is 25.4 Å². The van der Waals surface area contributed by atoms with Gasteiger partial charge in [-0.2, -0.15) is 4.85 Å². The van der Waals surface area contributed by atoms with Crippen LogP contribution >= 0.6 is 0 Å². The van der Waals surface area contributed by atoms with Crippen LogP contribution in [0.25, 0.3) is 16.0 Å². The highest BCUT2D eigenvalue weighted by Crippen LogP contribution is 2.31. The molecule has 1 fully saturated rings. The van der Waals surface area contributed by atoms with Gasteiger partial charge in [0.25, 0.3) is 5.91 Å². The number of anilines is 1. The van der Waals surface area contributed by atoms with E-state index in [-0.39, 0.29) is 17.6 Å². The Balaban J connectivity index is 1.72. The number of rotatable bonds is 7. The lowest BCUT2D eigenvalue weighted by atomic mass is 10.1. The zero-order valence-corrected chi connectivity index (χ0v) is 16.5. The van der Waals surface area contributed by atoms with Gasteiger partial charge in [-0.15, -0.1) is 0 Å². The van der Waals surface area contributed by atoms with Crippen LogP contribution in [0.3, 0.4) is 0 Å². The molecule has 3 N–H and O–H groups in total. The Morgan fingerprint density at radius 1 is 1.31 bits per heavy atom. The molecule has 2 aromatic heterocycles. The van der Waals surface area contributed by atoms with Crippen molar-refractivity contribution < 1.29 is 9.90 Å². The summed E-state index contributed by atoms with van der Waals surface area (Å²) in [4.78, 5) is 24.8. The van der Waals surface area contributed by atoms with Crippen LogP contribution in [-0.4, -0.2) is 27.2 Å². The molecule has 2 aromatic rings. The maximum atomic E-state index is 12.7. The number of amides is 1. The van der Waals surface area contributed by atoms with Gasteiger partial charge in [-0.3, -0.25) is 14.8 Å². The maximum Gasteiger partial charge on any atom is 0.381 e. The first kappa shape index (κ1) is 20.2. The molecule has 0 aliphatic heterocycles. The van der Waals surface area contributed by atoms with Crippen LogP contribution in [0.2, 0.25) is 0 Å². The quantitative estimate of drug-likeness (QED) is 0.383. The van der Waals surface area contributed by atoms with E-state index >= 15 is 0 Å². The number of carbonyl (C=O) groups is 1. The molecule has 1 saturated carbocycles. The van der Waals surface area contributed by atoms with Crippen molar-refractivity contribution in [2.45, 2.75) is 32.9 Å². The molecular weight excluding hydrogens is 366 g/mol. The lowest BCUT2D eigenvalue weighted by Crippen LogP contribution is -2.29. The fourth-order valence-electron chi connectivity index (χ4n) is 2.73. The van der Waals surface area contributed by atoms with Crippen LogP contribution in [0.5, 0.6) is 0 Å². The van der Waals surface area contributed by atoms with E-state index < -0.39 is 6.23 Å². The number of allylic oxidation sites excluding steroid dienone is 1. The van der Waals surface area contributed by atoms with Crippen molar-refractivity contribution in [2.24, 2.45) is 5.92 Å². The van der Waals surface area contributed by atoms with Crippen molar-refractivity contribution in [3.63, 3.8) is 0 Å². The molecule has 0 aromatic carbocycles. The van der Waals surface area contributed by atoms with Crippen molar-refractivity contribution in [3.8, 4) is 17.7 Å². The predicted molar refractivity (Wildman–Crippen MR) is 113 cm³/mol. The number of aliphatic hydroxyl groups is 1. The van der Waals surface area contributed by atoms with Gasteiger partial charge in [0.15, 0.2) is 6.23 Å². The monoisotopic (exact) mass is 390 g/mol. The Morgan fingerprint density at radius 2 is 2.10 bits per heavy atom. The standard InChI is InChI=1S/C22H23N5O2/c1-4-15(10-20(23-3)27-22(29)16-7-8-16)21(28)26-19-9-18(11-24-13-19)17-6-5-14(2)25-12-17/h3-6,9-13,16,22,27,29H,7-8H2,1-2H3/p+1. The highest BCUT2D eigenvalue weighted by Gasteiger charge is 2.34. The molecule has 7 heteroatoms. The van der Waals surface area contributed by atoms with E-state index in [0.29, 0.717) is 11.3 Å². The molecule has 3 rings (SSSR count). The van der Waals surface area contributed by atoms with Gasteiger partial charge in [0.2, 0.25) is 0 Å². The molecule has 0 bridgehead atoms. The summed E-state index contributed by atoms with van der Waals surface area (Å²) in [5.74, 6) is 0.107. The van der Waals surface area contributed by atoms with Crippen molar-refractivity contribution in [3.05, 3.63) is 70.9 Å². The molecule has 1 atom stereocenters. The number of hydrogen-bond acceptors (Lipinski definition) is 5. The minimum atomic E-state index is -0.723. The summed E-state index contributed by atoms with van der Waals surface area (Å²) in [5, 5.41) is 15.7. The lowest BCUT2D eigenvalue weighted by molar-refractivity contribution is -0.112. The van der Waals surface area contributed by atoms with Crippen LogP contribution in [-0.2, 0) is 4.79 Å². The van der Waals surface area contributed by atoms with E-state index in [1.807, 2.05) is 25.1 Å². The normalized spacial score (nSPS) is 15.4. The van der Waals surface area contributed by atoms with E-state index in [9.17, 15) is 9.90 Å². The van der Waals surface area contributed by atoms with Crippen LogP contribution in [0.1, 0.15) is 25.5 Å². The summed E-state index contributed by atoms with van der Waals surface area (Å²) >= 11 is 0. The van der Waals surface area contributed by atoms with Gasteiger partial charge < -0.3 is 10.4 Å². The zero-order chi connectivity index (χ0) is 20.8. The van der Waals surface area contributed by atoms with Gasteiger partial charge in [0, 0.05) is 40.7 Å². The molecule has 1 aliphatic carbocycles. The number of pyridine rings is 2. The number of nitrogens with one attached hydrogen (secondary N) is 2. The third-order valence-corrected chi connectivity index (χ3v) is 4.61. The molecule has 0 spiro atoms. The Labute approximate surface area is 170 Å². The van der Waals surface area contributed by atoms with Crippen molar-refractivity contribution >= 4 is 11.6 Å². The number of aromatic nitrogens is 2. The molecule has 7 nitrogen and oxygen atoms in total. The van der Waals surface area contributed by atoms with Crippen LogP contribution in [0, 0.1) is 19.4 Å². The highest BCUT2D eigenvalue weighted by atomic mass is 16.3. The summed E-state index contributed by atoms with van der Waals surface area (Å²) in [6.07, 6.45) is 9.40. The van der Waals surface area contributed by atoms with Gasteiger partial charge >= 0.3 is 5.82 Å². The fourth-order valence-corrected chi connectivity index (χ4v) is 2.73. The van der Waals surface area contributed by atoms with Gasteiger partial charge in [0.1, 0.15) is 6.57 Å². The summed E-state index contributed by atoms with van der Waals surface area (Å²) < 4.78 is 0. The second-order valence-electron chi connectivity index (χ2n) is 6.93. The molecular formula is C22H24N5O2+. The van der Waals surface area contributed by atoms with Crippen molar-refractivity contribution in [1.29, 1.82) is 0 Å². The van der Waals surface area contributed by atoms with Crippen molar-refractivity contribution in [1.82, 2.24) is 15.3 Å². The summed E-state index contributed by atoms with van der Waals surface area (Å²) in [6, 6.07) is 5.71. The average molecular weight is 390 g/mol. The summed E-state index contributed by atoms with van der Waals surface area (Å²) in [7, 11) is 0. The van der Waals surface area contributed by atoms with E-state index in [1.165, 1.54) is 6.08 Å². The predicted octanol–water partition coefficient (Wildman–Crippen LogP) is 3.46. The van der Waals surface area contributed by atoms with Gasteiger partial charge in [-0.1, -0.05) is 12.1 Å². The third-order valence-electron chi connectivity index (χ3n) is 4.61. The largest absolute Gasteiger partial charge is 0.381 e. The minimum absolute atomic E-state index is 0.202. The first-order valence-electron chi connectivity index (χ1n) is 9.43. The molecule has 2 heterocycles. The third kappa shape index (κ3) is 5.50. The molecule has 1 unspecified atom stereocenters. The zero-order valence-electron chi connectivity index (χ0n) is 16.5. The lowest BCUT2D eigenvalue weighted by Gasteiger charge is -2.08. The minimum Gasteiger partial charge on any atom is -0.355 e. The molecule has 29 heavy (non-hydrogen) atoms. The van der Waals surface area contributed by atoms with Crippen LogP contribution in [0.15, 0.2) is 60.3 Å². The molecule has 1 aliphatic rings. The van der Waals surface area contributed by atoms with Crippen LogP contribution in [0.4, 0.5) is 5.69 Å². The fraction of sp³-hybridized carbons (Fsp3) is 0.273. The smallest absolute Gasteiger partial charge is 0.355 e. The Hall–Kier alpha value is -3.50. The number of carbonyl (C=O) groups excluding carboxylic acids is 1. The van der Waals surface area contributed by atoms with Gasteiger partial charge in [-0.05, 0) is 38.8 Å². The summed E-state index contributed by atoms with van der Waals surface area (Å²) in [5.41, 5.74) is 3.59. The second-order valence-corrected chi connectivity index (χ2v) is 6.93. The van der Waals surface area contributed by atoms with Crippen LogP contribution < -0.4 is 10.6 Å². The van der Waals surface area contributed by atoms with Gasteiger partial charge in [0.05, 0.1) is 18.0 Å². The maximum absolute atomic E-state index is 12.7. The average Bonchev–Trinajstić information content (AvgIpc) is 3.57. The number of aliphatic hydroxyl groups excluding tert-OH is 1. The Morgan fingerprint density at radius 3 is 2.72 bits per heavy atom. The number of hydrogen-bond donors (Lipinski definition) is 3. The molecule has 0 radical (unpaired) electrons. The molecule has 1 amide bonds. The van der Waals surface area contributed by atoms with Gasteiger partial charge in [-0.25, -0.2) is 5.32 Å². The van der Waals surface area contributed by atoms with Crippen molar-refractivity contribution in [2.75, 3.05) is 5.32 Å². The topological polar surface area (TPSA) is 91.5 Å². The van der Waals surface area contributed by atoms with E-state index in [4.69, 9.17) is 6.57 Å². The SMILES string of the molecule is C#[N+]C(=CC(=CC)C(=O)Nc1cncc(-c2ccc(C)nc2)c1)NC(O)C1CC1. The molecule has 148 valence electrons.